The maximum absolute atomic E-state index is 12.3. The zero-order valence-electron chi connectivity index (χ0n) is 10.5. The second-order valence-electron chi connectivity index (χ2n) is 4.74. The van der Waals surface area contributed by atoms with Gasteiger partial charge in [0.15, 0.2) is 0 Å². The molecule has 17 heavy (non-hydrogen) atoms. The fraction of sp³-hybridized carbons (Fsp3) is 0.500. The van der Waals surface area contributed by atoms with Crippen LogP contribution in [0.2, 0.25) is 0 Å². The molecule has 3 nitrogen and oxygen atoms in total. The molecule has 1 aliphatic rings. The summed E-state index contributed by atoms with van der Waals surface area (Å²) in [7, 11) is 0. The number of amides is 1. The molecule has 0 radical (unpaired) electrons. The first-order chi connectivity index (χ1) is 8.15. The summed E-state index contributed by atoms with van der Waals surface area (Å²) >= 11 is 0. The number of hydrogen-bond donors (Lipinski definition) is 1. The lowest BCUT2D eigenvalue weighted by Gasteiger charge is -2.36. The molecule has 1 aliphatic heterocycles. The van der Waals surface area contributed by atoms with Gasteiger partial charge in [0.1, 0.15) is 0 Å². The number of fused-ring (bicyclic) bond motifs is 1. The number of anilines is 1. The quantitative estimate of drug-likeness (QED) is 0.848. The summed E-state index contributed by atoms with van der Waals surface area (Å²) in [5.41, 5.74) is 8.17. The summed E-state index contributed by atoms with van der Waals surface area (Å²) in [5, 5.41) is 0. The number of rotatable bonds is 2. The Morgan fingerprint density at radius 3 is 2.94 bits per heavy atom. The van der Waals surface area contributed by atoms with Crippen molar-refractivity contribution in [3.8, 4) is 0 Å². The molecule has 0 saturated carbocycles. The van der Waals surface area contributed by atoms with Crippen molar-refractivity contribution in [3.05, 3.63) is 29.8 Å². The maximum atomic E-state index is 12.3. The summed E-state index contributed by atoms with van der Waals surface area (Å²) in [6.07, 6.45) is 2.74. The van der Waals surface area contributed by atoms with Crippen LogP contribution in [0.4, 0.5) is 5.69 Å². The van der Waals surface area contributed by atoms with Crippen LogP contribution in [-0.2, 0) is 11.2 Å². The monoisotopic (exact) mass is 232 g/mol. The number of nitrogens with zero attached hydrogens (tertiary/aromatic N) is 1. The predicted molar refractivity (Wildman–Crippen MR) is 70.0 cm³/mol. The van der Waals surface area contributed by atoms with Crippen LogP contribution in [0.5, 0.6) is 0 Å². The van der Waals surface area contributed by atoms with Crippen LogP contribution in [0, 0.1) is 0 Å². The number of para-hydroxylation sites is 1. The molecule has 3 heteroatoms. The van der Waals surface area contributed by atoms with Crippen molar-refractivity contribution < 1.29 is 4.79 Å². The zero-order chi connectivity index (χ0) is 12.4. The van der Waals surface area contributed by atoms with E-state index in [9.17, 15) is 4.79 Å². The van der Waals surface area contributed by atoms with Gasteiger partial charge in [-0.1, -0.05) is 25.1 Å². The Labute approximate surface area is 103 Å². The highest BCUT2D eigenvalue weighted by Crippen LogP contribution is 2.30. The van der Waals surface area contributed by atoms with E-state index < -0.39 is 0 Å². The van der Waals surface area contributed by atoms with E-state index in [2.05, 4.69) is 13.0 Å². The minimum atomic E-state index is -0.386. The van der Waals surface area contributed by atoms with Gasteiger partial charge in [-0.05, 0) is 37.8 Å². The molecule has 92 valence electrons. The average Bonchev–Trinajstić information content (AvgIpc) is 2.37. The van der Waals surface area contributed by atoms with Gasteiger partial charge in [0.25, 0.3) is 0 Å². The van der Waals surface area contributed by atoms with Crippen molar-refractivity contribution in [1.82, 2.24) is 0 Å². The second-order valence-corrected chi connectivity index (χ2v) is 4.74. The molecule has 2 atom stereocenters. The molecule has 0 fully saturated rings. The van der Waals surface area contributed by atoms with Crippen molar-refractivity contribution in [1.29, 1.82) is 0 Å². The fourth-order valence-electron chi connectivity index (χ4n) is 2.38. The van der Waals surface area contributed by atoms with Gasteiger partial charge in [0.2, 0.25) is 5.91 Å². The normalized spacial score (nSPS) is 20.9. The minimum Gasteiger partial charge on any atom is -0.320 e. The molecule has 2 rings (SSSR count). The van der Waals surface area contributed by atoms with Crippen molar-refractivity contribution in [2.45, 2.75) is 45.2 Å². The molecule has 1 aromatic rings. The van der Waals surface area contributed by atoms with E-state index in [1.54, 1.807) is 0 Å². The predicted octanol–water partition coefficient (Wildman–Crippen LogP) is 2.09. The third-order valence-corrected chi connectivity index (χ3v) is 3.52. The molecule has 0 aromatic heterocycles. The molecule has 1 aromatic carbocycles. The maximum Gasteiger partial charge on any atom is 0.244 e. The minimum absolute atomic E-state index is 0.0483. The smallest absolute Gasteiger partial charge is 0.244 e. The van der Waals surface area contributed by atoms with Crippen LogP contribution in [-0.4, -0.2) is 18.0 Å². The zero-order valence-corrected chi connectivity index (χ0v) is 10.5. The van der Waals surface area contributed by atoms with E-state index in [1.807, 2.05) is 30.0 Å². The van der Waals surface area contributed by atoms with Crippen LogP contribution < -0.4 is 10.6 Å². The number of nitrogens with two attached hydrogens (primary N) is 1. The van der Waals surface area contributed by atoms with Gasteiger partial charge >= 0.3 is 0 Å². The molecular weight excluding hydrogens is 212 g/mol. The van der Waals surface area contributed by atoms with Gasteiger partial charge in [-0.2, -0.15) is 0 Å². The van der Waals surface area contributed by atoms with Crippen molar-refractivity contribution >= 4 is 11.6 Å². The van der Waals surface area contributed by atoms with E-state index in [0.29, 0.717) is 6.42 Å². The molecule has 1 heterocycles. The van der Waals surface area contributed by atoms with Gasteiger partial charge < -0.3 is 10.6 Å². The lowest BCUT2D eigenvalue weighted by atomic mass is 9.95. The summed E-state index contributed by atoms with van der Waals surface area (Å²) in [5.74, 6) is 0.0483. The molecule has 2 N–H and O–H groups in total. The summed E-state index contributed by atoms with van der Waals surface area (Å²) < 4.78 is 0. The number of carbonyl (C=O) groups is 1. The third kappa shape index (κ3) is 2.20. The summed E-state index contributed by atoms with van der Waals surface area (Å²) in [6.45, 7) is 4.04. The molecular formula is C14H20N2O. The molecule has 0 spiro atoms. The van der Waals surface area contributed by atoms with Gasteiger partial charge in [0, 0.05) is 11.7 Å². The van der Waals surface area contributed by atoms with Crippen molar-refractivity contribution in [3.63, 3.8) is 0 Å². The number of benzene rings is 1. The molecule has 1 amide bonds. The van der Waals surface area contributed by atoms with Gasteiger partial charge in [-0.3, -0.25) is 4.79 Å². The molecule has 0 aliphatic carbocycles. The highest BCUT2D eigenvalue weighted by Gasteiger charge is 2.30. The first kappa shape index (κ1) is 12.1. The van der Waals surface area contributed by atoms with E-state index >= 15 is 0 Å². The van der Waals surface area contributed by atoms with E-state index in [0.717, 1.165) is 18.5 Å². The van der Waals surface area contributed by atoms with Crippen LogP contribution in [0.3, 0.4) is 0 Å². The Kier molecular flexibility index (Phi) is 3.48. The molecule has 0 saturated heterocycles. The fourth-order valence-corrected chi connectivity index (χ4v) is 2.38. The topological polar surface area (TPSA) is 46.3 Å². The lowest BCUT2D eigenvalue weighted by Crippen LogP contribution is -2.49. The van der Waals surface area contributed by atoms with Gasteiger partial charge in [-0.25, -0.2) is 0 Å². The lowest BCUT2D eigenvalue weighted by molar-refractivity contribution is -0.120. The van der Waals surface area contributed by atoms with Gasteiger partial charge in [-0.15, -0.1) is 0 Å². The standard InChI is InChI=1S/C14H20N2O/c1-3-12(15)14(17)16-10(2)8-9-11-6-4-5-7-13(11)16/h4-7,10,12H,3,8-9,15H2,1-2H3. The summed E-state index contributed by atoms with van der Waals surface area (Å²) in [4.78, 5) is 14.2. The SMILES string of the molecule is CCC(N)C(=O)N1c2ccccc2CCC1C. The first-order valence-corrected chi connectivity index (χ1v) is 6.31. The Hall–Kier alpha value is -1.35. The molecule has 0 bridgehead atoms. The highest BCUT2D eigenvalue weighted by molar-refractivity contribution is 5.98. The molecule has 2 unspecified atom stereocenters. The Bertz CT molecular complexity index is 416. The third-order valence-electron chi connectivity index (χ3n) is 3.52. The van der Waals surface area contributed by atoms with E-state index in [-0.39, 0.29) is 18.0 Å². The number of aryl methyl sites for hydroxylation is 1. The van der Waals surface area contributed by atoms with Crippen LogP contribution >= 0.6 is 0 Å². The van der Waals surface area contributed by atoms with Gasteiger partial charge in [0.05, 0.1) is 6.04 Å². The van der Waals surface area contributed by atoms with Crippen LogP contribution in [0.15, 0.2) is 24.3 Å². The highest BCUT2D eigenvalue weighted by atomic mass is 16.2. The number of hydrogen-bond acceptors (Lipinski definition) is 2. The summed E-state index contributed by atoms with van der Waals surface area (Å²) in [6, 6.07) is 7.98. The largest absolute Gasteiger partial charge is 0.320 e. The Balaban J connectivity index is 2.36. The van der Waals surface area contributed by atoms with E-state index in [4.69, 9.17) is 5.73 Å². The second kappa shape index (κ2) is 4.88. The van der Waals surface area contributed by atoms with E-state index in [1.165, 1.54) is 5.56 Å². The van der Waals surface area contributed by atoms with Crippen LogP contribution in [0.25, 0.3) is 0 Å². The van der Waals surface area contributed by atoms with Crippen molar-refractivity contribution in [2.24, 2.45) is 5.73 Å². The van der Waals surface area contributed by atoms with Crippen LogP contribution in [0.1, 0.15) is 32.3 Å². The average molecular weight is 232 g/mol. The Morgan fingerprint density at radius 2 is 2.24 bits per heavy atom. The first-order valence-electron chi connectivity index (χ1n) is 6.31. The Morgan fingerprint density at radius 1 is 1.53 bits per heavy atom. The van der Waals surface area contributed by atoms with Crippen molar-refractivity contribution in [2.75, 3.05) is 4.90 Å². The number of carbonyl (C=O) groups excluding carboxylic acids is 1.